The Hall–Kier alpha value is -3.08. The largest absolute Gasteiger partial charge is 0.494 e. The van der Waals surface area contributed by atoms with E-state index in [0.29, 0.717) is 17.9 Å². The summed E-state index contributed by atoms with van der Waals surface area (Å²) in [5.41, 5.74) is 0.886. The molecule has 36 heavy (non-hydrogen) atoms. The number of benzene rings is 2. The zero-order valence-corrected chi connectivity index (χ0v) is 22.0. The molecule has 0 spiro atoms. The van der Waals surface area contributed by atoms with Gasteiger partial charge in [-0.2, -0.15) is 0 Å². The third-order valence-electron chi connectivity index (χ3n) is 5.82. The maximum atomic E-state index is 12.1. The Morgan fingerprint density at radius 1 is 0.639 bits per heavy atom. The van der Waals surface area contributed by atoms with Crippen molar-refractivity contribution in [3.05, 3.63) is 60.2 Å². The Kier molecular flexibility index (Phi) is 14.8. The summed E-state index contributed by atoms with van der Waals surface area (Å²) in [5, 5.41) is 0. The Balaban J connectivity index is 1.63. The molecule has 0 atom stereocenters. The van der Waals surface area contributed by atoms with E-state index in [-0.39, 0.29) is 5.97 Å². The number of esters is 2. The number of rotatable bonds is 18. The first-order valence-corrected chi connectivity index (χ1v) is 13.5. The van der Waals surface area contributed by atoms with Gasteiger partial charge in [-0.05, 0) is 60.9 Å². The quantitative estimate of drug-likeness (QED) is 0.0902. The first kappa shape index (κ1) is 29.2. The Morgan fingerprint density at radius 2 is 1.17 bits per heavy atom. The topological polar surface area (TPSA) is 61.8 Å². The molecule has 0 saturated carbocycles. The molecule has 0 saturated heterocycles. The van der Waals surface area contributed by atoms with Crippen LogP contribution in [0.2, 0.25) is 0 Å². The second-order valence-electron chi connectivity index (χ2n) is 9.05. The van der Waals surface area contributed by atoms with Crippen LogP contribution in [0.1, 0.15) is 96.5 Å². The van der Waals surface area contributed by atoms with Gasteiger partial charge in [-0.1, -0.05) is 83.8 Å². The number of hydrogen-bond acceptors (Lipinski definition) is 5. The van der Waals surface area contributed by atoms with E-state index < -0.39 is 5.97 Å². The van der Waals surface area contributed by atoms with E-state index in [9.17, 15) is 9.59 Å². The van der Waals surface area contributed by atoms with E-state index in [0.717, 1.165) is 37.2 Å². The van der Waals surface area contributed by atoms with E-state index in [2.05, 4.69) is 6.92 Å². The highest BCUT2D eigenvalue weighted by Crippen LogP contribution is 2.19. The fraction of sp³-hybridized carbons (Fsp3) is 0.484. The molecule has 0 bridgehead atoms. The molecule has 0 unspecified atom stereocenters. The van der Waals surface area contributed by atoms with Crippen molar-refractivity contribution < 1.29 is 23.8 Å². The first-order chi connectivity index (χ1) is 17.6. The molecule has 0 aromatic heterocycles. The van der Waals surface area contributed by atoms with Gasteiger partial charge in [0.2, 0.25) is 0 Å². The molecule has 2 aromatic rings. The Labute approximate surface area is 216 Å². The van der Waals surface area contributed by atoms with Gasteiger partial charge in [0.1, 0.15) is 17.2 Å². The summed E-state index contributed by atoms with van der Waals surface area (Å²) < 4.78 is 16.4. The highest BCUT2D eigenvalue weighted by Gasteiger charge is 2.06. The van der Waals surface area contributed by atoms with Gasteiger partial charge in [0.15, 0.2) is 0 Å². The molecule has 2 aromatic carbocycles. The van der Waals surface area contributed by atoms with Crippen LogP contribution in [-0.2, 0) is 9.59 Å². The molecule has 0 amide bonds. The van der Waals surface area contributed by atoms with Crippen molar-refractivity contribution >= 4 is 18.0 Å². The van der Waals surface area contributed by atoms with Gasteiger partial charge < -0.3 is 14.2 Å². The lowest BCUT2D eigenvalue weighted by Crippen LogP contribution is -2.07. The van der Waals surface area contributed by atoms with Crippen LogP contribution in [0.5, 0.6) is 17.2 Å². The third-order valence-corrected chi connectivity index (χ3v) is 5.82. The number of carbonyl (C=O) groups excluding carboxylic acids is 2. The maximum absolute atomic E-state index is 12.1. The summed E-state index contributed by atoms with van der Waals surface area (Å²) in [5.74, 6) is 0.924. The number of ether oxygens (including phenoxy) is 3. The van der Waals surface area contributed by atoms with Crippen molar-refractivity contribution in [2.75, 3.05) is 6.61 Å². The van der Waals surface area contributed by atoms with Gasteiger partial charge in [-0.3, -0.25) is 4.79 Å². The molecule has 5 heteroatoms. The SMILES string of the molecule is CCCCCCCCCCCOc1ccc(/C=C/C(=O)Oc2ccc(OC(=O)CCCC)cc2)cc1. The lowest BCUT2D eigenvalue weighted by molar-refractivity contribution is -0.134. The normalized spacial score (nSPS) is 10.9. The molecule has 0 fully saturated rings. The van der Waals surface area contributed by atoms with Crippen LogP contribution in [0.4, 0.5) is 0 Å². The Morgan fingerprint density at radius 3 is 1.78 bits per heavy atom. The van der Waals surface area contributed by atoms with Gasteiger partial charge in [-0.15, -0.1) is 0 Å². The van der Waals surface area contributed by atoms with Crippen molar-refractivity contribution in [1.82, 2.24) is 0 Å². The summed E-state index contributed by atoms with van der Waals surface area (Å²) >= 11 is 0. The zero-order chi connectivity index (χ0) is 25.8. The van der Waals surface area contributed by atoms with Crippen LogP contribution in [0.15, 0.2) is 54.6 Å². The highest BCUT2D eigenvalue weighted by molar-refractivity contribution is 5.88. The van der Waals surface area contributed by atoms with E-state index in [4.69, 9.17) is 14.2 Å². The molecule has 0 aliphatic rings. The molecular formula is C31H42O5. The summed E-state index contributed by atoms with van der Waals surface area (Å²) in [6.07, 6.45) is 16.9. The Bertz CT molecular complexity index is 900. The fourth-order valence-corrected chi connectivity index (χ4v) is 3.67. The smallest absolute Gasteiger partial charge is 0.336 e. The molecular weight excluding hydrogens is 452 g/mol. The zero-order valence-electron chi connectivity index (χ0n) is 22.0. The van der Waals surface area contributed by atoms with Crippen LogP contribution in [0.25, 0.3) is 6.08 Å². The summed E-state index contributed by atoms with van der Waals surface area (Å²) in [6.45, 7) is 5.00. The van der Waals surface area contributed by atoms with E-state index in [1.165, 1.54) is 57.4 Å². The molecule has 2 rings (SSSR count). The molecule has 0 aliphatic carbocycles. The summed E-state index contributed by atoms with van der Waals surface area (Å²) in [7, 11) is 0. The predicted molar refractivity (Wildman–Crippen MR) is 145 cm³/mol. The number of unbranched alkanes of at least 4 members (excludes halogenated alkanes) is 9. The average Bonchev–Trinajstić information content (AvgIpc) is 2.89. The van der Waals surface area contributed by atoms with Gasteiger partial charge in [0.25, 0.3) is 0 Å². The van der Waals surface area contributed by atoms with Crippen molar-refractivity contribution in [3.63, 3.8) is 0 Å². The fourth-order valence-electron chi connectivity index (χ4n) is 3.67. The summed E-state index contributed by atoms with van der Waals surface area (Å²) in [4.78, 5) is 23.8. The second kappa shape index (κ2) is 18.2. The molecule has 0 radical (unpaired) electrons. The predicted octanol–water partition coefficient (Wildman–Crippen LogP) is 8.31. The van der Waals surface area contributed by atoms with Crippen molar-refractivity contribution in [2.45, 2.75) is 90.9 Å². The maximum Gasteiger partial charge on any atom is 0.336 e. The molecule has 0 aliphatic heterocycles. The monoisotopic (exact) mass is 494 g/mol. The van der Waals surface area contributed by atoms with Crippen molar-refractivity contribution in [3.8, 4) is 17.2 Å². The number of hydrogen-bond donors (Lipinski definition) is 0. The van der Waals surface area contributed by atoms with Crippen LogP contribution in [0.3, 0.4) is 0 Å². The van der Waals surface area contributed by atoms with Gasteiger partial charge in [-0.25, -0.2) is 4.79 Å². The van der Waals surface area contributed by atoms with Gasteiger partial charge in [0.05, 0.1) is 6.61 Å². The minimum Gasteiger partial charge on any atom is -0.494 e. The van der Waals surface area contributed by atoms with Crippen LogP contribution >= 0.6 is 0 Å². The molecule has 0 N–H and O–H groups in total. The minimum atomic E-state index is -0.478. The van der Waals surface area contributed by atoms with Crippen LogP contribution in [-0.4, -0.2) is 18.5 Å². The van der Waals surface area contributed by atoms with Gasteiger partial charge >= 0.3 is 11.9 Å². The lowest BCUT2D eigenvalue weighted by atomic mass is 10.1. The van der Waals surface area contributed by atoms with E-state index in [1.807, 2.05) is 31.2 Å². The average molecular weight is 495 g/mol. The summed E-state index contributed by atoms with van der Waals surface area (Å²) in [6, 6.07) is 14.1. The lowest BCUT2D eigenvalue weighted by Gasteiger charge is -2.07. The van der Waals surface area contributed by atoms with Crippen molar-refractivity contribution in [2.24, 2.45) is 0 Å². The molecule has 5 nitrogen and oxygen atoms in total. The van der Waals surface area contributed by atoms with Crippen LogP contribution < -0.4 is 14.2 Å². The third kappa shape index (κ3) is 13.1. The molecule has 196 valence electrons. The standard InChI is InChI=1S/C31H42O5/c1-3-5-7-8-9-10-11-12-13-25-34-27-18-15-26(16-19-27)17-24-31(33)36-29-22-20-28(21-23-29)35-30(32)14-6-4-2/h15-24H,3-14,25H2,1-2H3/b24-17+. The number of carbonyl (C=O) groups is 2. The van der Waals surface area contributed by atoms with E-state index in [1.54, 1.807) is 30.3 Å². The minimum absolute atomic E-state index is 0.260. The molecule has 0 heterocycles. The van der Waals surface area contributed by atoms with Crippen LogP contribution in [0, 0.1) is 0 Å². The highest BCUT2D eigenvalue weighted by atomic mass is 16.5. The van der Waals surface area contributed by atoms with E-state index >= 15 is 0 Å². The van der Waals surface area contributed by atoms with Gasteiger partial charge in [0, 0.05) is 12.5 Å². The second-order valence-corrected chi connectivity index (χ2v) is 9.05. The first-order valence-electron chi connectivity index (χ1n) is 13.5. The van der Waals surface area contributed by atoms with Crippen molar-refractivity contribution in [1.29, 1.82) is 0 Å².